The third-order valence-electron chi connectivity index (χ3n) is 3.47. The Bertz CT molecular complexity index is 383. The monoisotopic (exact) mass is 298 g/mol. The highest BCUT2D eigenvalue weighted by atomic mass is 79.9. The molecule has 1 unspecified atom stereocenters. The Kier molecular flexibility index (Phi) is 4.20. The van der Waals surface area contributed by atoms with Gasteiger partial charge in [-0.3, -0.25) is 0 Å². The number of anilines is 2. The van der Waals surface area contributed by atoms with Crippen LogP contribution in [0.1, 0.15) is 32.6 Å². The number of nitrogen functional groups attached to an aromatic ring is 1. The van der Waals surface area contributed by atoms with Crippen molar-refractivity contribution >= 4 is 27.7 Å². The molecule has 0 amide bonds. The van der Waals surface area contributed by atoms with Gasteiger partial charge in [-0.2, -0.15) is 4.98 Å². The topological polar surface area (TPSA) is 55.0 Å². The Labute approximate surface area is 111 Å². The van der Waals surface area contributed by atoms with E-state index in [9.17, 15) is 0 Å². The molecule has 0 radical (unpaired) electrons. The van der Waals surface area contributed by atoms with Gasteiger partial charge in [0.25, 0.3) is 0 Å². The van der Waals surface area contributed by atoms with Gasteiger partial charge in [-0.25, -0.2) is 4.98 Å². The van der Waals surface area contributed by atoms with Crippen molar-refractivity contribution in [2.24, 2.45) is 5.92 Å². The number of aromatic nitrogens is 2. The zero-order valence-electron chi connectivity index (χ0n) is 10.2. The Morgan fingerprint density at radius 2 is 2.29 bits per heavy atom. The minimum atomic E-state index is 0.347. The number of nitrogens with two attached hydrogens (primary N) is 1. The largest absolute Gasteiger partial charge is 0.368 e. The van der Waals surface area contributed by atoms with Gasteiger partial charge in [-0.1, -0.05) is 13.3 Å². The number of rotatable bonds is 2. The van der Waals surface area contributed by atoms with Crippen LogP contribution < -0.4 is 10.6 Å². The molecule has 1 saturated heterocycles. The molecule has 2 rings (SSSR count). The molecular weight excluding hydrogens is 280 g/mol. The summed E-state index contributed by atoms with van der Waals surface area (Å²) in [7, 11) is 0. The van der Waals surface area contributed by atoms with E-state index >= 15 is 0 Å². The molecular formula is C12H19BrN4. The fourth-order valence-corrected chi connectivity index (χ4v) is 2.82. The molecule has 0 spiro atoms. The number of halogens is 1. The number of nitrogens with zero attached hydrogens (tertiary/aromatic N) is 3. The third kappa shape index (κ3) is 3.09. The molecule has 94 valence electrons. The van der Waals surface area contributed by atoms with E-state index < -0.39 is 0 Å². The Balaban J connectivity index is 2.13. The van der Waals surface area contributed by atoms with Crippen molar-refractivity contribution in [2.75, 3.05) is 23.7 Å². The van der Waals surface area contributed by atoms with Gasteiger partial charge in [0.2, 0.25) is 5.95 Å². The summed E-state index contributed by atoms with van der Waals surface area (Å²) in [6, 6.07) is 0. The first-order valence-corrected chi connectivity index (χ1v) is 7.03. The van der Waals surface area contributed by atoms with Crippen LogP contribution in [-0.4, -0.2) is 23.1 Å². The van der Waals surface area contributed by atoms with E-state index in [2.05, 4.69) is 37.7 Å². The summed E-state index contributed by atoms with van der Waals surface area (Å²) in [5, 5.41) is 0. The maximum atomic E-state index is 5.66. The van der Waals surface area contributed by atoms with Gasteiger partial charge < -0.3 is 10.6 Å². The van der Waals surface area contributed by atoms with E-state index in [0.717, 1.165) is 29.3 Å². The predicted octanol–water partition coefficient (Wildman–Crippen LogP) is 2.84. The lowest BCUT2D eigenvalue weighted by molar-refractivity contribution is 0.459. The van der Waals surface area contributed by atoms with Gasteiger partial charge in [-0.05, 0) is 41.1 Å². The molecule has 4 nitrogen and oxygen atoms in total. The molecule has 0 aliphatic carbocycles. The molecule has 0 aromatic carbocycles. The van der Waals surface area contributed by atoms with Crippen molar-refractivity contribution in [1.29, 1.82) is 0 Å². The van der Waals surface area contributed by atoms with E-state index in [-0.39, 0.29) is 0 Å². The molecule has 1 aliphatic heterocycles. The first-order valence-electron chi connectivity index (χ1n) is 6.23. The van der Waals surface area contributed by atoms with Crippen LogP contribution in [-0.2, 0) is 0 Å². The lowest BCUT2D eigenvalue weighted by Crippen LogP contribution is -2.26. The lowest BCUT2D eigenvalue weighted by Gasteiger charge is -2.22. The first kappa shape index (κ1) is 12.6. The van der Waals surface area contributed by atoms with Crippen LogP contribution in [0.5, 0.6) is 0 Å². The summed E-state index contributed by atoms with van der Waals surface area (Å²) < 4.78 is 0.932. The van der Waals surface area contributed by atoms with Crippen molar-refractivity contribution in [3.63, 3.8) is 0 Å². The van der Waals surface area contributed by atoms with Crippen LogP contribution in [0.3, 0.4) is 0 Å². The van der Waals surface area contributed by atoms with Gasteiger partial charge in [0, 0.05) is 19.3 Å². The van der Waals surface area contributed by atoms with Crippen LogP contribution in [0.15, 0.2) is 10.7 Å². The molecule has 0 bridgehead atoms. The maximum absolute atomic E-state index is 5.66. The normalized spacial score (nSPS) is 21.3. The second kappa shape index (κ2) is 5.67. The molecule has 1 aromatic rings. The molecule has 0 saturated carbocycles. The van der Waals surface area contributed by atoms with E-state index in [1.54, 1.807) is 6.20 Å². The molecule has 5 heteroatoms. The van der Waals surface area contributed by atoms with Crippen molar-refractivity contribution in [1.82, 2.24) is 9.97 Å². The highest BCUT2D eigenvalue weighted by Gasteiger charge is 2.18. The summed E-state index contributed by atoms with van der Waals surface area (Å²) in [5.74, 6) is 2.15. The van der Waals surface area contributed by atoms with Gasteiger partial charge in [0.05, 0.1) is 4.47 Å². The molecule has 1 aliphatic rings. The molecule has 1 aromatic heterocycles. The fourth-order valence-electron chi connectivity index (χ4n) is 2.38. The van der Waals surface area contributed by atoms with Crippen molar-refractivity contribution in [3.05, 3.63) is 10.7 Å². The summed E-state index contributed by atoms with van der Waals surface area (Å²) >= 11 is 3.50. The highest BCUT2D eigenvalue weighted by Crippen LogP contribution is 2.28. The highest BCUT2D eigenvalue weighted by molar-refractivity contribution is 9.10. The van der Waals surface area contributed by atoms with Crippen LogP contribution in [0.25, 0.3) is 0 Å². The number of hydrogen-bond donors (Lipinski definition) is 1. The third-order valence-corrected chi connectivity index (χ3v) is 4.03. The van der Waals surface area contributed by atoms with Crippen molar-refractivity contribution in [3.8, 4) is 0 Å². The maximum Gasteiger partial charge on any atom is 0.222 e. The minimum Gasteiger partial charge on any atom is -0.368 e. The molecule has 2 N–H and O–H groups in total. The van der Waals surface area contributed by atoms with Crippen molar-refractivity contribution < 1.29 is 0 Å². The summed E-state index contributed by atoms with van der Waals surface area (Å²) in [4.78, 5) is 10.6. The molecule has 1 fully saturated rings. The van der Waals surface area contributed by atoms with Crippen LogP contribution in [0.4, 0.5) is 11.8 Å². The Morgan fingerprint density at radius 3 is 3.06 bits per heavy atom. The zero-order chi connectivity index (χ0) is 12.3. The standard InChI is InChI=1S/C12H19BrN4/c1-2-9-4-3-6-17(7-5-9)11-10(13)8-15-12(14)16-11/h8-9H,2-7H2,1H3,(H2,14,15,16). The fraction of sp³-hybridized carbons (Fsp3) is 0.667. The van der Waals surface area contributed by atoms with Crippen LogP contribution in [0, 0.1) is 5.92 Å². The van der Waals surface area contributed by atoms with Gasteiger partial charge in [0.15, 0.2) is 0 Å². The summed E-state index contributed by atoms with van der Waals surface area (Å²) in [5.41, 5.74) is 5.66. The Morgan fingerprint density at radius 1 is 1.47 bits per heavy atom. The quantitative estimate of drug-likeness (QED) is 0.912. The van der Waals surface area contributed by atoms with Crippen LogP contribution >= 0.6 is 15.9 Å². The SMILES string of the molecule is CCC1CCCN(c2nc(N)ncc2Br)CC1. The average molecular weight is 299 g/mol. The van der Waals surface area contributed by atoms with Gasteiger partial charge >= 0.3 is 0 Å². The lowest BCUT2D eigenvalue weighted by atomic mass is 9.98. The summed E-state index contributed by atoms with van der Waals surface area (Å²) in [6.45, 7) is 4.40. The minimum absolute atomic E-state index is 0.347. The molecule has 2 heterocycles. The van der Waals surface area contributed by atoms with Gasteiger partial charge in [-0.15, -0.1) is 0 Å². The summed E-state index contributed by atoms with van der Waals surface area (Å²) in [6.07, 6.45) is 6.81. The smallest absolute Gasteiger partial charge is 0.222 e. The average Bonchev–Trinajstić information content (AvgIpc) is 2.57. The van der Waals surface area contributed by atoms with Gasteiger partial charge in [0.1, 0.15) is 5.82 Å². The Hall–Kier alpha value is -0.840. The second-order valence-corrected chi connectivity index (χ2v) is 5.45. The molecule has 1 atom stereocenters. The predicted molar refractivity (Wildman–Crippen MR) is 74.0 cm³/mol. The van der Waals surface area contributed by atoms with E-state index in [1.807, 2.05) is 0 Å². The van der Waals surface area contributed by atoms with Crippen molar-refractivity contribution in [2.45, 2.75) is 32.6 Å². The van der Waals surface area contributed by atoms with E-state index in [1.165, 1.54) is 25.7 Å². The zero-order valence-corrected chi connectivity index (χ0v) is 11.8. The van der Waals surface area contributed by atoms with E-state index in [0.29, 0.717) is 5.95 Å². The first-order chi connectivity index (χ1) is 8.20. The van der Waals surface area contributed by atoms with Crippen LogP contribution in [0.2, 0.25) is 0 Å². The number of hydrogen-bond acceptors (Lipinski definition) is 4. The molecule has 17 heavy (non-hydrogen) atoms. The second-order valence-electron chi connectivity index (χ2n) is 4.59. The van der Waals surface area contributed by atoms with E-state index in [4.69, 9.17) is 5.73 Å².